The zero-order valence-electron chi connectivity index (χ0n) is 11.5. The number of phenolic OH excluding ortho intramolecular Hbond substituents is 2. The van der Waals surface area contributed by atoms with Crippen LogP contribution in [0.5, 0.6) is 11.5 Å². The van der Waals surface area contributed by atoms with E-state index >= 15 is 0 Å². The lowest BCUT2D eigenvalue weighted by molar-refractivity contribution is 0.443. The number of para-hydroxylation sites is 1. The van der Waals surface area contributed by atoms with E-state index in [0.717, 1.165) is 22.0 Å². The molecule has 2 aromatic carbocycles. The molecule has 0 atom stereocenters. The molecule has 21 heavy (non-hydrogen) atoms. The second-order valence-electron chi connectivity index (χ2n) is 4.91. The summed E-state index contributed by atoms with van der Waals surface area (Å²) in [7, 11) is 0. The van der Waals surface area contributed by atoms with Gasteiger partial charge in [0.1, 0.15) is 11.5 Å². The summed E-state index contributed by atoms with van der Waals surface area (Å²) < 4.78 is 0. The van der Waals surface area contributed by atoms with Crippen LogP contribution in [0.15, 0.2) is 54.7 Å². The maximum absolute atomic E-state index is 9.75. The first-order valence-corrected chi connectivity index (χ1v) is 6.78. The Kier molecular flexibility index (Phi) is 3.71. The van der Waals surface area contributed by atoms with Crippen LogP contribution in [-0.4, -0.2) is 15.2 Å². The number of fused-ring (bicyclic) bond motifs is 1. The van der Waals surface area contributed by atoms with Gasteiger partial charge in [0.15, 0.2) is 0 Å². The van der Waals surface area contributed by atoms with Crippen molar-refractivity contribution in [3.05, 3.63) is 65.9 Å². The fraction of sp³-hybridized carbons (Fsp3) is 0.118. The monoisotopic (exact) mass is 280 g/mol. The number of aromatic nitrogens is 1. The van der Waals surface area contributed by atoms with Crippen molar-refractivity contribution in [2.45, 2.75) is 13.1 Å². The van der Waals surface area contributed by atoms with Crippen molar-refractivity contribution in [1.29, 1.82) is 0 Å². The molecule has 0 aliphatic rings. The Morgan fingerprint density at radius 2 is 1.71 bits per heavy atom. The van der Waals surface area contributed by atoms with E-state index in [2.05, 4.69) is 10.3 Å². The lowest BCUT2D eigenvalue weighted by Crippen LogP contribution is -2.13. The molecule has 3 N–H and O–H groups in total. The van der Waals surface area contributed by atoms with Crippen molar-refractivity contribution in [2.75, 3.05) is 0 Å². The van der Waals surface area contributed by atoms with Gasteiger partial charge in [-0.2, -0.15) is 0 Å². The summed E-state index contributed by atoms with van der Waals surface area (Å²) in [5, 5.41) is 23.4. The third-order valence-electron chi connectivity index (χ3n) is 3.42. The average molecular weight is 280 g/mol. The third-order valence-corrected chi connectivity index (χ3v) is 3.42. The van der Waals surface area contributed by atoms with Gasteiger partial charge in [-0.05, 0) is 17.7 Å². The summed E-state index contributed by atoms with van der Waals surface area (Å²) >= 11 is 0. The first-order valence-electron chi connectivity index (χ1n) is 6.78. The van der Waals surface area contributed by atoms with Gasteiger partial charge >= 0.3 is 0 Å². The summed E-state index contributed by atoms with van der Waals surface area (Å²) in [6, 6.07) is 14.7. The molecule has 0 aliphatic carbocycles. The van der Waals surface area contributed by atoms with E-state index in [0.29, 0.717) is 13.1 Å². The summed E-state index contributed by atoms with van der Waals surface area (Å²) in [5.74, 6) is 0.160. The number of nitrogens with one attached hydrogen (secondary N) is 1. The van der Waals surface area contributed by atoms with Crippen molar-refractivity contribution in [2.24, 2.45) is 0 Å². The van der Waals surface area contributed by atoms with Crippen molar-refractivity contribution in [3.8, 4) is 11.5 Å². The highest BCUT2D eigenvalue weighted by atomic mass is 16.3. The van der Waals surface area contributed by atoms with E-state index in [9.17, 15) is 10.2 Å². The minimum absolute atomic E-state index is 0.0644. The molecule has 0 saturated heterocycles. The van der Waals surface area contributed by atoms with Crippen LogP contribution in [0.3, 0.4) is 0 Å². The number of hydrogen-bond donors (Lipinski definition) is 3. The molecule has 0 aliphatic heterocycles. The molecule has 4 heteroatoms. The molecule has 0 unspecified atom stereocenters. The largest absolute Gasteiger partial charge is 0.508 e. The van der Waals surface area contributed by atoms with Crippen LogP contribution in [0.25, 0.3) is 10.9 Å². The average Bonchev–Trinajstić information content (AvgIpc) is 2.50. The number of pyridine rings is 1. The first kappa shape index (κ1) is 13.4. The molecular weight excluding hydrogens is 264 g/mol. The Labute approximate surface area is 122 Å². The van der Waals surface area contributed by atoms with E-state index < -0.39 is 0 Å². The van der Waals surface area contributed by atoms with Crippen LogP contribution >= 0.6 is 0 Å². The molecule has 0 amide bonds. The zero-order valence-corrected chi connectivity index (χ0v) is 11.5. The minimum atomic E-state index is 0.0644. The van der Waals surface area contributed by atoms with Crippen molar-refractivity contribution < 1.29 is 10.2 Å². The number of hydrogen-bond acceptors (Lipinski definition) is 4. The van der Waals surface area contributed by atoms with Gasteiger partial charge in [0.2, 0.25) is 0 Å². The highest BCUT2D eigenvalue weighted by Gasteiger charge is 2.04. The molecule has 3 aromatic rings. The molecular formula is C17H16N2O2. The van der Waals surface area contributed by atoms with Gasteiger partial charge < -0.3 is 15.5 Å². The van der Waals surface area contributed by atoms with Crippen LogP contribution in [0.4, 0.5) is 0 Å². The number of rotatable bonds is 4. The second kappa shape index (κ2) is 5.81. The lowest BCUT2D eigenvalue weighted by Gasteiger charge is -2.09. The smallest absolute Gasteiger partial charge is 0.123 e. The van der Waals surface area contributed by atoms with Crippen LogP contribution in [0.2, 0.25) is 0 Å². The van der Waals surface area contributed by atoms with Crippen molar-refractivity contribution >= 4 is 10.9 Å². The van der Waals surface area contributed by atoms with Gasteiger partial charge in [-0.3, -0.25) is 4.98 Å². The van der Waals surface area contributed by atoms with Crippen LogP contribution in [0.1, 0.15) is 11.1 Å². The molecule has 1 aromatic heterocycles. The zero-order chi connectivity index (χ0) is 14.7. The molecule has 0 spiro atoms. The van der Waals surface area contributed by atoms with Crippen LogP contribution in [0, 0.1) is 0 Å². The Balaban J connectivity index is 1.72. The number of benzene rings is 2. The summed E-state index contributed by atoms with van der Waals surface area (Å²) in [6.45, 7) is 1.18. The first-order chi connectivity index (χ1) is 10.2. The van der Waals surface area contributed by atoms with E-state index in [4.69, 9.17) is 0 Å². The Hall–Kier alpha value is -2.59. The summed E-state index contributed by atoms with van der Waals surface area (Å²) in [6.07, 6.45) is 1.79. The Bertz CT molecular complexity index is 766. The van der Waals surface area contributed by atoms with Crippen molar-refractivity contribution in [3.63, 3.8) is 0 Å². The predicted molar refractivity (Wildman–Crippen MR) is 82.1 cm³/mol. The number of phenols is 2. The van der Waals surface area contributed by atoms with Gasteiger partial charge in [0.25, 0.3) is 0 Å². The fourth-order valence-electron chi connectivity index (χ4n) is 2.34. The molecule has 4 nitrogen and oxygen atoms in total. The van der Waals surface area contributed by atoms with Crippen LogP contribution < -0.4 is 5.32 Å². The summed E-state index contributed by atoms with van der Waals surface area (Å²) in [4.78, 5) is 4.41. The normalized spacial score (nSPS) is 10.9. The van der Waals surface area contributed by atoms with Gasteiger partial charge in [0, 0.05) is 36.3 Å². The topological polar surface area (TPSA) is 65.4 Å². The number of aromatic hydroxyl groups is 2. The van der Waals surface area contributed by atoms with Gasteiger partial charge in [-0.15, -0.1) is 0 Å². The van der Waals surface area contributed by atoms with Gasteiger partial charge in [-0.25, -0.2) is 0 Å². The van der Waals surface area contributed by atoms with Crippen molar-refractivity contribution in [1.82, 2.24) is 10.3 Å². The molecule has 1 heterocycles. The van der Waals surface area contributed by atoms with E-state index in [-0.39, 0.29) is 11.5 Å². The molecule has 0 bridgehead atoms. The maximum Gasteiger partial charge on any atom is 0.123 e. The Morgan fingerprint density at radius 1 is 0.905 bits per heavy atom. The predicted octanol–water partition coefficient (Wildman–Crippen LogP) is 2.94. The quantitative estimate of drug-likeness (QED) is 0.687. The highest BCUT2D eigenvalue weighted by Crippen LogP contribution is 2.22. The maximum atomic E-state index is 9.75. The number of nitrogens with zero attached hydrogens (tertiary/aromatic N) is 1. The minimum Gasteiger partial charge on any atom is -0.508 e. The van der Waals surface area contributed by atoms with E-state index in [1.54, 1.807) is 18.3 Å². The molecule has 3 rings (SSSR count). The molecule has 106 valence electrons. The van der Waals surface area contributed by atoms with Gasteiger partial charge in [-0.1, -0.05) is 30.3 Å². The van der Waals surface area contributed by atoms with E-state index in [1.165, 1.54) is 6.07 Å². The molecule has 0 saturated carbocycles. The third kappa shape index (κ3) is 2.95. The summed E-state index contributed by atoms with van der Waals surface area (Å²) in [5.41, 5.74) is 2.86. The van der Waals surface area contributed by atoms with Crippen LogP contribution in [-0.2, 0) is 13.1 Å². The van der Waals surface area contributed by atoms with Gasteiger partial charge in [0.05, 0.1) is 5.52 Å². The highest BCUT2D eigenvalue weighted by molar-refractivity contribution is 5.81. The Morgan fingerprint density at radius 3 is 2.57 bits per heavy atom. The molecule has 0 fully saturated rings. The lowest BCUT2D eigenvalue weighted by atomic mass is 10.1. The fourth-order valence-corrected chi connectivity index (χ4v) is 2.34. The molecule has 0 radical (unpaired) electrons. The SMILES string of the molecule is Oc1ccc(CNCc2cccc3cccnc23)c(O)c1. The standard InChI is InChI=1S/C17H16N2O2/c20-15-7-6-13(16(21)9-15)10-18-11-14-4-1-3-12-5-2-8-19-17(12)14/h1-9,18,20-21H,10-11H2. The second-order valence-corrected chi connectivity index (χ2v) is 4.91. The van der Waals surface area contributed by atoms with E-state index in [1.807, 2.05) is 30.3 Å².